The Bertz CT molecular complexity index is 1130. The molecule has 2 heterocycles. The monoisotopic (exact) mass is 393 g/mol. The van der Waals surface area contributed by atoms with E-state index in [1.165, 1.54) is 25.3 Å². The van der Waals surface area contributed by atoms with Gasteiger partial charge in [-0.05, 0) is 31.5 Å². The number of Topliss-reactive ketones (excluding diaryl/α,β-unsaturated/α-hetero) is 2. The molecule has 0 bridgehead atoms. The Morgan fingerprint density at radius 2 is 1.83 bits per heavy atom. The highest BCUT2D eigenvalue weighted by Crippen LogP contribution is 2.52. The van der Waals surface area contributed by atoms with Crippen LogP contribution in [0, 0.1) is 6.92 Å². The van der Waals surface area contributed by atoms with E-state index < -0.39 is 24.0 Å². The molecule has 2 aliphatic heterocycles. The molecule has 7 heteroatoms. The summed E-state index contributed by atoms with van der Waals surface area (Å²) in [5.41, 5.74) is 1.96. The Kier molecular flexibility index (Phi) is 3.65. The number of aromatic hydroxyl groups is 2. The number of allylic oxidation sites excluding steroid dienone is 2. The minimum absolute atomic E-state index is 0.0422. The summed E-state index contributed by atoms with van der Waals surface area (Å²) in [5.74, 6) is -1.28. The third-order valence-electron chi connectivity index (χ3n) is 5.77. The number of aryl methyl sites for hydroxylation is 1. The third-order valence-corrected chi connectivity index (χ3v) is 5.77. The summed E-state index contributed by atoms with van der Waals surface area (Å²) in [5, 5.41) is 21.0. The van der Waals surface area contributed by atoms with Crippen LogP contribution in [0.15, 0.2) is 36.0 Å². The molecule has 0 saturated carbocycles. The summed E-state index contributed by atoms with van der Waals surface area (Å²) in [6.07, 6.45) is -1.69. The Morgan fingerprint density at radius 3 is 2.55 bits per heavy atom. The number of ether oxygens (including phenoxy) is 2. The third kappa shape index (κ3) is 2.19. The molecule has 1 aliphatic carbocycles. The van der Waals surface area contributed by atoms with Gasteiger partial charge in [-0.2, -0.15) is 0 Å². The summed E-state index contributed by atoms with van der Waals surface area (Å²) in [4.78, 5) is 28.6. The van der Waals surface area contributed by atoms with Crippen LogP contribution in [0.25, 0.3) is 5.57 Å². The van der Waals surface area contributed by atoms with E-state index in [-0.39, 0.29) is 40.0 Å². The molecule has 3 aliphatic rings. The molecule has 0 radical (unpaired) electrons. The van der Waals surface area contributed by atoms with E-state index in [0.29, 0.717) is 11.1 Å². The highest BCUT2D eigenvalue weighted by atomic mass is 16.6. The fraction of sp³-hybridized carbons (Fsp3) is 0.273. The van der Waals surface area contributed by atoms with Gasteiger partial charge in [0.2, 0.25) is 5.78 Å². The molecule has 1 fully saturated rings. The van der Waals surface area contributed by atoms with Gasteiger partial charge in [-0.15, -0.1) is 0 Å². The number of phenols is 2. The first-order valence-corrected chi connectivity index (χ1v) is 9.31. The molecule has 3 atom stereocenters. The predicted octanol–water partition coefficient (Wildman–Crippen LogP) is 2.90. The second-order valence-electron chi connectivity index (χ2n) is 7.56. The first kappa shape index (κ1) is 17.9. The number of phenolic OH excluding ortho intramolecular Hbond substituents is 2. The summed E-state index contributed by atoms with van der Waals surface area (Å²) >= 11 is 0. The summed E-state index contributed by atoms with van der Waals surface area (Å²) in [6.45, 7) is 3.66. The Morgan fingerprint density at radius 1 is 1.07 bits per heavy atom. The number of fused-ring (bicyclic) bond motifs is 6. The normalized spacial score (nSPS) is 24.9. The number of carbonyl (C=O) groups is 2. The average Bonchev–Trinajstić information content (AvgIpc) is 3.01. The number of nitrogens with zero attached hydrogens (tertiary/aromatic N) is 1. The lowest BCUT2D eigenvalue weighted by Gasteiger charge is -2.39. The number of hydrogen-bond acceptors (Lipinski definition) is 7. The highest BCUT2D eigenvalue weighted by molar-refractivity contribution is 6.41. The zero-order valence-electron chi connectivity index (χ0n) is 16.1. The molecule has 29 heavy (non-hydrogen) atoms. The Balaban J connectivity index is 1.88. The molecule has 0 spiro atoms. The van der Waals surface area contributed by atoms with E-state index in [2.05, 4.69) is 0 Å². The van der Waals surface area contributed by atoms with Crippen molar-refractivity contribution in [3.05, 3.63) is 63.8 Å². The van der Waals surface area contributed by atoms with Crippen LogP contribution < -0.4 is 0 Å². The topological polar surface area (TPSA) is 96.3 Å². The Labute approximate surface area is 166 Å². The first-order valence-electron chi connectivity index (χ1n) is 9.31. The van der Waals surface area contributed by atoms with Crippen LogP contribution in [-0.4, -0.2) is 46.1 Å². The van der Waals surface area contributed by atoms with Crippen molar-refractivity contribution >= 4 is 17.1 Å². The van der Waals surface area contributed by atoms with E-state index >= 15 is 0 Å². The molecule has 2 N–H and O–H groups in total. The molecule has 0 amide bonds. The molecule has 148 valence electrons. The molecule has 1 saturated heterocycles. The number of methoxy groups -OCH3 is 1. The molecular weight excluding hydrogens is 374 g/mol. The summed E-state index contributed by atoms with van der Waals surface area (Å²) < 4.78 is 11.7. The maximum absolute atomic E-state index is 13.5. The van der Waals surface area contributed by atoms with Gasteiger partial charge in [0.1, 0.15) is 23.3 Å². The van der Waals surface area contributed by atoms with Crippen LogP contribution in [0.3, 0.4) is 0 Å². The van der Waals surface area contributed by atoms with Crippen molar-refractivity contribution in [3.63, 3.8) is 0 Å². The van der Waals surface area contributed by atoms with E-state index in [1.54, 1.807) is 11.0 Å². The van der Waals surface area contributed by atoms with Gasteiger partial charge >= 0.3 is 0 Å². The van der Waals surface area contributed by atoms with Gasteiger partial charge in [0.15, 0.2) is 18.2 Å². The van der Waals surface area contributed by atoms with Crippen molar-refractivity contribution in [3.8, 4) is 11.5 Å². The standard InChI is InChI=1S/C22H19NO6/c1-9-7-12-15(14(25)8-9)17-18(23-21(28-3)10(2)29-22(12)23)20(27)16-11(19(17)26)5-4-6-13(16)24/h4-8,10,21-22,24-25H,1-3H3/t10-,21-,22+/m1/s1. The zero-order valence-corrected chi connectivity index (χ0v) is 16.1. The quantitative estimate of drug-likeness (QED) is 0.769. The minimum atomic E-state index is -0.696. The van der Waals surface area contributed by atoms with Gasteiger partial charge < -0.3 is 24.6 Å². The van der Waals surface area contributed by atoms with Gasteiger partial charge in [0.05, 0.1) is 11.1 Å². The number of carbonyl (C=O) groups excluding carboxylic acids is 2. The van der Waals surface area contributed by atoms with E-state index in [9.17, 15) is 19.8 Å². The van der Waals surface area contributed by atoms with Gasteiger partial charge in [-0.3, -0.25) is 9.59 Å². The van der Waals surface area contributed by atoms with Crippen molar-refractivity contribution in [2.45, 2.75) is 32.4 Å². The van der Waals surface area contributed by atoms with Crippen LogP contribution in [-0.2, 0) is 9.47 Å². The van der Waals surface area contributed by atoms with Crippen LogP contribution >= 0.6 is 0 Å². The van der Waals surface area contributed by atoms with E-state index in [4.69, 9.17) is 9.47 Å². The van der Waals surface area contributed by atoms with Gasteiger partial charge in [0.25, 0.3) is 0 Å². The summed E-state index contributed by atoms with van der Waals surface area (Å²) in [6, 6.07) is 7.80. The molecule has 2 aromatic carbocycles. The van der Waals surface area contributed by atoms with Crippen molar-refractivity contribution < 1.29 is 29.3 Å². The lowest BCUT2D eigenvalue weighted by atomic mass is 9.78. The fourth-order valence-electron chi connectivity index (χ4n) is 4.65. The van der Waals surface area contributed by atoms with Crippen LogP contribution in [0.5, 0.6) is 11.5 Å². The van der Waals surface area contributed by atoms with Crippen LogP contribution in [0.1, 0.15) is 50.6 Å². The molecule has 5 rings (SSSR count). The number of hydrogen-bond donors (Lipinski definition) is 2. The van der Waals surface area contributed by atoms with Crippen molar-refractivity contribution in [2.75, 3.05) is 7.11 Å². The summed E-state index contributed by atoms with van der Waals surface area (Å²) in [7, 11) is 1.51. The molecule has 0 aromatic heterocycles. The van der Waals surface area contributed by atoms with E-state index in [0.717, 1.165) is 5.56 Å². The second kappa shape index (κ2) is 5.92. The maximum atomic E-state index is 13.5. The fourth-order valence-corrected chi connectivity index (χ4v) is 4.65. The molecular formula is C22H19NO6. The van der Waals surface area contributed by atoms with Gasteiger partial charge in [-0.1, -0.05) is 18.2 Å². The van der Waals surface area contributed by atoms with Crippen LogP contribution in [0.4, 0.5) is 0 Å². The lowest BCUT2D eigenvalue weighted by Crippen LogP contribution is -2.43. The molecule has 2 aromatic rings. The SMILES string of the molecule is CO[C@@H]1[C@@H](C)O[C@H]2c3cc(C)cc(O)c3C3=C(C(=O)c4c(O)cccc4C3=O)N12. The van der Waals surface area contributed by atoms with Crippen molar-refractivity contribution in [2.24, 2.45) is 0 Å². The van der Waals surface area contributed by atoms with E-state index in [1.807, 2.05) is 19.9 Å². The lowest BCUT2D eigenvalue weighted by molar-refractivity contribution is -0.00680. The Hall–Kier alpha value is -3.16. The average molecular weight is 393 g/mol. The van der Waals surface area contributed by atoms with Crippen molar-refractivity contribution in [1.82, 2.24) is 4.90 Å². The highest BCUT2D eigenvalue weighted by Gasteiger charge is 2.52. The minimum Gasteiger partial charge on any atom is -0.507 e. The molecule has 0 unspecified atom stereocenters. The zero-order chi connectivity index (χ0) is 20.6. The maximum Gasteiger partial charge on any atom is 0.214 e. The van der Waals surface area contributed by atoms with Gasteiger partial charge in [0, 0.05) is 23.8 Å². The number of benzene rings is 2. The second-order valence-corrected chi connectivity index (χ2v) is 7.56. The predicted molar refractivity (Wildman–Crippen MR) is 102 cm³/mol. The first-order chi connectivity index (χ1) is 13.8. The van der Waals surface area contributed by atoms with Gasteiger partial charge in [-0.25, -0.2) is 0 Å². The largest absolute Gasteiger partial charge is 0.507 e. The number of rotatable bonds is 1. The van der Waals surface area contributed by atoms with Crippen molar-refractivity contribution in [1.29, 1.82) is 0 Å². The molecule has 7 nitrogen and oxygen atoms in total. The smallest absolute Gasteiger partial charge is 0.214 e. The van der Waals surface area contributed by atoms with Crippen LogP contribution in [0.2, 0.25) is 0 Å². The number of ketones is 2.